The number of ether oxygens (including phenoxy) is 3. The molecule has 0 radical (unpaired) electrons. The number of amides is 1. The molecule has 0 saturated carbocycles. The summed E-state index contributed by atoms with van der Waals surface area (Å²) < 4.78 is 24.0. The number of phenolic OH excluding ortho intramolecular Hbond substituents is 1. The monoisotopic (exact) mass is 417 g/mol. The van der Waals surface area contributed by atoms with Crippen LogP contribution in [0.2, 0.25) is 0 Å². The molecule has 3 rings (SSSR count). The second-order valence-corrected chi connectivity index (χ2v) is 6.66. The van der Waals surface area contributed by atoms with Gasteiger partial charge >= 0.3 is 5.97 Å². The number of esters is 1. The minimum Gasteiger partial charge on any atom is -0.508 e. The maximum Gasteiger partial charge on any atom is 0.306 e. The highest BCUT2D eigenvalue weighted by molar-refractivity contribution is 7.00. The lowest BCUT2D eigenvalue weighted by Gasteiger charge is -2.20. The highest BCUT2D eigenvalue weighted by Crippen LogP contribution is 2.41. The van der Waals surface area contributed by atoms with E-state index in [4.69, 9.17) is 19.9 Å². The van der Waals surface area contributed by atoms with E-state index in [1.165, 1.54) is 20.3 Å². The first kappa shape index (κ1) is 20.3. The topological polar surface area (TPSA) is 134 Å². The van der Waals surface area contributed by atoms with Gasteiger partial charge in [-0.15, -0.1) is 0 Å². The van der Waals surface area contributed by atoms with Crippen molar-refractivity contribution < 1.29 is 28.9 Å². The third-order valence-electron chi connectivity index (χ3n) is 4.35. The van der Waals surface area contributed by atoms with E-state index in [9.17, 15) is 14.7 Å². The molecule has 0 saturated heterocycles. The maximum absolute atomic E-state index is 12.1. The number of hydrogen-bond donors (Lipinski definition) is 2. The van der Waals surface area contributed by atoms with Crippen molar-refractivity contribution in [3.63, 3.8) is 0 Å². The lowest BCUT2D eigenvalue weighted by Crippen LogP contribution is -2.20. The summed E-state index contributed by atoms with van der Waals surface area (Å²) in [4.78, 5) is 23.2. The summed E-state index contributed by atoms with van der Waals surface area (Å²) >= 11 is 1.01. The molecule has 0 aliphatic carbocycles. The summed E-state index contributed by atoms with van der Waals surface area (Å²) in [6.45, 7) is -0.335. The van der Waals surface area contributed by atoms with Crippen molar-refractivity contribution in [3.8, 4) is 17.2 Å². The second-order valence-electron chi connectivity index (χ2n) is 6.13. The highest BCUT2D eigenvalue weighted by Gasteiger charge is 2.26. The smallest absolute Gasteiger partial charge is 0.306 e. The van der Waals surface area contributed by atoms with Crippen molar-refractivity contribution >= 4 is 34.6 Å². The predicted molar refractivity (Wildman–Crippen MR) is 105 cm³/mol. The van der Waals surface area contributed by atoms with Crippen LogP contribution in [0.5, 0.6) is 17.2 Å². The standard InChI is InChI=1S/C19H19N3O6S/c1-26-14-6-3-10(7-15(14)28-9-16(20)24)11(8-17(25)27-2)18-13(23)5-4-12-19(18)22-29-21-12/h3-7,11,23H,8-9H2,1-2H3,(H2,20,24)/t11-/m0/s1. The molecule has 1 heterocycles. The van der Waals surface area contributed by atoms with Crippen molar-refractivity contribution in [2.75, 3.05) is 20.8 Å². The van der Waals surface area contributed by atoms with Crippen molar-refractivity contribution in [1.82, 2.24) is 8.75 Å². The number of fused-ring (bicyclic) bond motifs is 1. The van der Waals surface area contributed by atoms with E-state index in [2.05, 4.69) is 8.75 Å². The van der Waals surface area contributed by atoms with Crippen LogP contribution in [0, 0.1) is 0 Å². The second kappa shape index (κ2) is 8.74. The van der Waals surface area contributed by atoms with E-state index >= 15 is 0 Å². The van der Waals surface area contributed by atoms with Crippen LogP contribution in [0.25, 0.3) is 11.0 Å². The zero-order valence-corrected chi connectivity index (χ0v) is 16.6. The number of hydrogen-bond acceptors (Lipinski definition) is 9. The molecule has 0 fully saturated rings. The van der Waals surface area contributed by atoms with Crippen LogP contribution in [0.4, 0.5) is 0 Å². The first-order chi connectivity index (χ1) is 13.9. The number of carbonyl (C=O) groups excluding carboxylic acids is 2. The van der Waals surface area contributed by atoms with Crippen LogP contribution >= 0.6 is 11.7 Å². The average Bonchev–Trinajstić information content (AvgIpc) is 3.19. The van der Waals surface area contributed by atoms with Gasteiger partial charge in [0.25, 0.3) is 5.91 Å². The van der Waals surface area contributed by atoms with Gasteiger partial charge in [0.1, 0.15) is 16.8 Å². The number of methoxy groups -OCH3 is 2. The highest BCUT2D eigenvalue weighted by atomic mass is 32.1. The van der Waals surface area contributed by atoms with E-state index in [0.717, 1.165) is 11.7 Å². The number of aromatic nitrogens is 2. The molecule has 152 valence electrons. The van der Waals surface area contributed by atoms with E-state index in [1.807, 2.05) is 0 Å². The van der Waals surface area contributed by atoms with E-state index in [-0.39, 0.29) is 24.5 Å². The molecule has 0 aliphatic rings. The molecule has 3 N–H and O–H groups in total. The molecule has 0 bridgehead atoms. The number of benzene rings is 2. The maximum atomic E-state index is 12.1. The summed E-state index contributed by atoms with van der Waals surface area (Å²) in [6, 6.07) is 8.18. The first-order valence-corrected chi connectivity index (χ1v) is 9.27. The van der Waals surface area contributed by atoms with Crippen molar-refractivity contribution in [3.05, 3.63) is 41.5 Å². The lowest BCUT2D eigenvalue weighted by atomic mass is 9.86. The predicted octanol–water partition coefficient (Wildman–Crippen LogP) is 1.96. The van der Waals surface area contributed by atoms with Crippen LogP contribution in [0.15, 0.2) is 30.3 Å². The molecule has 1 amide bonds. The van der Waals surface area contributed by atoms with Gasteiger partial charge in [-0.25, -0.2) is 0 Å². The Bertz CT molecular complexity index is 1050. The van der Waals surface area contributed by atoms with E-state index < -0.39 is 17.8 Å². The molecule has 2 aromatic carbocycles. The molecular weight excluding hydrogens is 398 g/mol. The third kappa shape index (κ3) is 4.37. The molecule has 3 aromatic rings. The quantitative estimate of drug-likeness (QED) is 0.531. The number of nitrogens with zero attached hydrogens (tertiary/aromatic N) is 2. The largest absolute Gasteiger partial charge is 0.508 e. The Morgan fingerprint density at radius 2 is 1.97 bits per heavy atom. The molecule has 0 aliphatic heterocycles. The Kier molecular flexibility index (Phi) is 6.13. The van der Waals surface area contributed by atoms with Gasteiger partial charge in [0.15, 0.2) is 18.1 Å². The summed E-state index contributed by atoms with van der Waals surface area (Å²) in [7, 11) is 2.76. The lowest BCUT2D eigenvalue weighted by molar-refractivity contribution is -0.140. The SMILES string of the molecule is COC(=O)C[C@@H](c1ccc(OC)c(OCC(N)=O)c1)c1c(O)ccc2nsnc12. The number of aromatic hydroxyl groups is 1. The molecule has 1 aromatic heterocycles. The van der Waals surface area contributed by atoms with Crippen LogP contribution < -0.4 is 15.2 Å². The minimum absolute atomic E-state index is 0.0190. The van der Waals surface area contributed by atoms with Gasteiger partial charge in [-0.2, -0.15) is 8.75 Å². The van der Waals surface area contributed by atoms with Gasteiger partial charge in [0, 0.05) is 11.5 Å². The zero-order chi connectivity index (χ0) is 21.0. The Morgan fingerprint density at radius 3 is 2.66 bits per heavy atom. The normalized spacial score (nSPS) is 11.8. The van der Waals surface area contributed by atoms with Gasteiger partial charge in [-0.05, 0) is 29.8 Å². The fourth-order valence-corrected chi connectivity index (χ4v) is 3.56. The summed E-state index contributed by atoms with van der Waals surface area (Å²) in [5.74, 6) is -1.05. The van der Waals surface area contributed by atoms with Crippen LogP contribution in [0.3, 0.4) is 0 Å². The molecule has 0 spiro atoms. The van der Waals surface area contributed by atoms with Crippen LogP contribution in [-0.2, 0) is 14.3 Å². The number of rotatable bonds is 8. The van der Waals surface area contributed by atoms with E-state index in [1.54, 1.807) is 24.3 Å². The summed E-state index contributed by atoms with van der Waals surface area (Å²) in [5, 5.41) is 10.6. The fourth-order valence-electron chi connectivity index (χ4n) is 3.01. The van der Waals surface area contributed by atoms with Gasteiger partial charge < -0.3 is 25.1 Å². The van der Waals surface area contributed by atoms with E-state index in [0.29, 0.717) is 27.9 Å². The van der Waals surface area contributed by atoms with Gasteiger partial charge in [0.2, 0.25) is 0 Å². The van der Waals surface area contributed by atoms with Crippen molar-refractivity contribution in [2.45, 2.75) is 12.3 Å². The van der Waals surface area contributed by atoms with Gasteiger partial charge in [-0.1, -0.05) is 6.07 Å². The fraction of sp³-hybridized carbons (Fsp3) is 0.263. The Hall–Kier alpha value is -3.40. The summed E-state index contributed by atoms with van der Waals surface area (Å²) in [5.41, 5.74) is 7.35. The molecule has 9 nitrogen and oxygen atoms in total. The van der Waals surface area contributed by atoms with Crippen molar-refractivity contribution in [1.29, 1.82) is 0 Å². The third-order valence-corrected chi connectivity index (χ3v) is 4.89. The Morgan fingerprint density at radius 1 is 1.17 bits per heavy atom. The van der Waals surface area contributed by atoms with Crippen LogP contribution in [0.1, 0.15) is 23.5 Å². The molecule has 1 atom stereocenters. The first-order valence-electron chi connectivity index (χ1n) is 8.54. The number of phenols is 1. The van der Waals surface area contributed by atoms with Crippen LogP contribution in [-0.4, -0.2) is 46.6 Å². The number of carbonyl (C=O) groups is 2. The number of primary amides is 1. The average molecular weight is 417 g/mol. The molecule has 10 heteroatoms. The number of nitrogens with two attached hydrogens (primary N) is 1. The van der Waals surface area contributed by atoms with Crippen molar-refractivity contribution in [2.24, 2.45) is 5.73 Å². The summed E-state index contributed by atoms with van der Waals surface area (Å²) in [6.07, 6.45) is -0.0533. The van der Waals surface area contributed by atoms with Gasteiger partial charge in [0.05, 0.1) is 32.4 Å². The molecule has 29 heavy (non-hydrogen) atoms. The van der Waals surface area contributed by atoms with Gasteiger partial charge in [-0.3, -0.25) is 9.59 Å². The Balaban J connectivity index is 2.13. The molecule has 0 unspecified atom stereocenters. The zero-order valence-electron chi connectivity index (χ0n) is 15.7. The minimum atomic E-state index is -0.639. The Labute approximate surface area is 170 Å². The molecular formula is C19H19N3O6S.